The summed E-state index contributed by atoms with van der Waals surface area (Å²) >= 11 is 0. The summed E-state index contributed by atoms with van der Waals surface area (Å²) < 4.78 is 0. The zero-order valence-corrected chi connectivity index (χ0v) is 20.5. The van der Waals surface area contributed by atoms with Crippen LogP contribution in [0.1, 0.15) is 11.4 Å². The predicted molar refractivity (Wildman–Crippen MR) is 155 cm³/mol. The van der Waals surface area contributed by atoms with Gasteiger partial charge >= 0.3 is 0 Å². The number of allylic oxidation sites excluding steroid dienone is 8. The van der Waals surface area contributed by atoms with E-state index in [-0.39, 0.29) is 5.92 Å². The topological polar surface area (TPSA) is 51.6 Å². The number of rotatable bonds is 2. The van der Waals surface area contributed by atoms with E-state index in [0.29, 0.717) is 5.92 Å². The molecular formula is C34H22N4. The van der Waals surface area contributed by atoms with Crippen molar-refractivity contribution in [1.82, 2.24) is 19.9 Å². The van der Waals surface area contributed by atoms with Gasteiger partial charge in [-0.3, -0.25) is 9.97 Å². The number of hydrogen-bond acceptors (Lipinski definition) is 4. The Kier molecular flexibility index (Phi) is 4.61. The van der Waals surface area contributed by atoms with Crippen molar-refractivity contribution in [3.63, 3.8) is 0 Å². The van der Waals surface area contributed by atoms with Crippen LogP contribution in [-0.2, 0) is 0 Å². The van der Waals surface area contributed by atoms with Gasteiger partial charge in [0.2, 0.25) is 0 Å². The Morgan fingerprint density at radius 1 is 0.447 bits per heavy atom. The molecule has 0 saturated carbocycles. The van der Waals surface area contributed by atoms with Gasteiger partial charge in [0.25, 0.3) is 0 Å². The maximum atomic E-state index is 5.06. The average Bonchev–Trinajstić information content (AvgIpc) is 3.00. The van der Waals surface area contributed by atoms with Crippen LogP contribution in [0.2, 0.25) is 0 Å². The summed E-state index contributed by atoms with van der Waals surface area (Å²) in [4.78, 5) is 19.4. The molecule has 0 atom stereocenters. The highest BCUT2D eigenvalue weighted by molar-refractivity contribution is 6.04. The van der Waals surface area contributed by atoms with Crippen molar-refractivity contribution < 1.29 is 0 Å². The highest BCUT2D eigenvalue weighted by Gasteiger charge is 2.22. The van der Waals surface area contributed by atoms with Gasteiger partial charge in [0.05, 0.1) is 33.5 Å². The normalized spacial score (nSPS) is 18.6. The fourth-order valence-corrected chi connectivity index (χ4v) is 5.66. The van der Waals surface area contributed by atoms with E-state index in [1.807, 2.05) is 24.5 Å². The molecule has 4 heterocycles. The van der Waals surface area contributed by atoms with Gasteiger partial charge in [-0.1, -0.05) is 85.0 Å². The lowest BCUT2D eigenvalue weighted by molar-refractivity contribution is 0.665. The first-order chi connectivity index (χ1) is 18.8. The molecular weight excluding hydrogens is 464 g/mol. The molecule has 38 heavy (non-hydrogen) atoms. The van der Waals surface area contributed by atoms with Gasteiger partial charge in [0, 0.05) is 45.8 Å². The standard InChI is InChI=1S/C34H22N4/c1-3-22-7-9-24-13-15-29(37-33(24)31(22)35-17-1)26-11-5-21-6-12-27(20-28(21)19-26)30-16-14-25-10-8-23-4-2-18-36-32(23)34(25)38-30/h1-21,28H. The Bertz CT molecular complexity index is 1900. The first kappa shape index (κ1) is 21.2. The first-order valence-electron chi connectivity index (χ1n) is 12.9. The van der Waals surface area contributed by atoms with E-state index in [2.05, 4.69) is 107 Å². The molecule has 0 fully saturated rings. The van der Waals surface area contributed by atoms with Crippen LogP contribution in [0.3, 0.4) is 0 Å². The molecule has 4 aromatic heterocycles. The van der Waals surface area contributed by atoms with Gasteiger partial charge in [-0.15, -0.1) is 0 Å². The summed E-state index contributed by atoms with van der Waals surface area (Å²) in [7, 11) is 0. The summed E-state index contributed by atoms with van der Waals surface area (Å²) in [5.41, 5.74) is 7.97. The molecule has 0 saturated heterocycles. The van der Waals surface area contributed by atoms with Crippen LogP contribution in [0.5, 0.6) is 0 Å². The van der Waals surface area contributed by atoms with Crippen LogP contribution in [0, 0.1) is 11.8 Å². The highest BCUT2D eigenvalue weighted by atomic mass is 14.8. The van der Waals surface area contributed by atoms with E-state index in [1.54, 1.807) is 0 Å². The monoisotopic (exact) mass is 486 g/mol. The molecule has 2 aliphatic carbocycles. The largest absolute Gasteiger partial charge is 0.254 e. The van der Waals surface area contributed by atoms with E-state index >= 15 is 0 Å². The molecule has 8 rings (SSSR count). The zero-order valence-electron chi connectivity index (χ0n) is 20.5. The van der Waals surface area contributed by atoms with Gasteiger partial charge in [-0.05, 0) is 35.4 Å². The summed E-state index contributed by atoms with van der Waals surface area (Å²) in [6.07, 6.45) is 17.3. The summed E-state index contributed by atoms with van der Waals surface area (Å²) in [6, 6.07) is 25.1. The third kappa shape index (κ3) is 3.38. The van der Waals surface area contributed by atoms with Crippen molar-refractivity contribution in [2.45, 2.75) is 0 Å². The maximum Gasteiger partial charge on any atom is 0.0972 e. The van der Waals surface area contributed by atoms with E-state index in [0.717, 1.165) is 66.1 Å². The number of hydrogen-bond donors (Lipinski definition) is 0. The third-order valence-corrected chi connectivity index (χ3v) is 7.64. The van der Waals surface area contributed by atoms with Gasteiger partial charge in [0.1, 0.15) is 0 Å². The Hall–Kier alpha value is -4.96. The number of fused-ring (bicyclic) bond motifs is 7. The van der Waals surface area contributed by atoms with Crippen molar-refractivity contribution >= 4 is 54.8 Å². The predicted octanol–water partition coefficient (Wildman–Crippen LogP) is 7.72. The third-order valence-electron chi connectivity index (χ3n) is 7.64. The molecule has 178 valence electrons. The lowest BCUT2D eigenvalue weighted by Gasteiger charge is -2.25. The van der Waals surface area contributed by atoms with E-state index in [4.69, 9.17) is 9.97 Å². The second-order valence-corrected chi connectivity index (χ2v) is 9.93. The second kappa shape index (κ2) is 8.29. The minimum Gasteiger partial charge on any atom is -0.254 e. The Morgan fingerprint density at radius 2 is 0.895 bits per heavy atom. The smallest absolute Gasteiger partial charge is 0.0972 e. The first-order valence-corrected chi connectivity index (χ1v) is 12.9. The lowest BCUT2D eigenvalue weighted by atomic mass is 9.80. The maximum absolute atomic E-state index is 5.06. The summed E-state index contributed by atoms with van der Waals surface area (Å²) in [5, 5.41) is 4.42. The average molecular weight is 487 g/mol. The molecule has 0 spiro atoms. The van der Waals surface area contributed by atoms with E-state index in [1.165, 1.54) is 0 Å². The lowest BCUT2D eigenvalue weighted by Crippen LogP contribution is -2.13. The van der Waals surface area contributed by atoms with Crippen molar-refractivity contribution in [1.29, 1.82) is 0 Å². The van der Waals surface area contributed by atoms with Crippen molar-refractivity contribution in [2.24, 2.45) is 11.8 Å². The Morgan fingerprint density at radius 3 is 1.39 bits per heavy atom. The summed E-state index contributed by atoms with van der Waals surface area (Å²) in [6.45, 7) is 0. The molecule has 0 radical (unpaired) electrons. The fraction of sp³-hybridized carbons (Fsp3) is 0.0588. The molecule has 4 heteroatoms. The second-order valence-electron chi connectivity index (χ2n) is 9.93. The van der Waals surface area contributed by atoms with Crippen molar-refractivity contribution in [3.05, 3.63) is 133 Å². The molecule has 2 aliphatic rings. The molecule has 2 aromatic carbocycles. The molecule has 6 aromatic rings. The minimum atomic E-state index is 0.237. The fourth-order valence-electron chi connectivity index (χ4n) is 5.66. The molecule has 0 unspecified atom stereocenters. The van der Waals surface area contributed by atoms with Crippen LogP contribution in [0.15, 0.2) is 122 Å². The van der Waals surface area contributed by atoms with Gasteiger partial charge in [0.15, 0.2) is 0 Å². The van der Waals surface area contributed by atoms with Crippen LogP contribution in [0.25, 0.3) is 54.8 Å². The number of nitrogens with zero attached hydrogens (tertiary/aromatic N) is 4. The van der Waals surface area contributed by atoms with Crippen LogP contribution < -0.4 is 0 Å². The van der Waals surface area contributed by atoms with Crippen LogP contribution >= 0.6 is 0 Å². The molecule has 4 nitrogen and oxygen atoms in total. The Labute approximate surface area is 219 Å². The molecule has 0 aliphatic heterocycles. The molecule has 0 bridgehead atoms. The highest BCUT2D eigenvalue weighted by Crippen LogP contribution is 2.36. The minimum absolute atomic E-state index is 0.237. The van der Waals surface area contributed by atoms with Gasteiger partial charge < -0.3 is 0 Å². The van der Waals surface area contributed by atoms with Crippen LogP contribution in [-0.4, -0.2) is 19.9 Å². The molecule has 0 N–H and O–H groups in total. The Balaban J connectivity index is 1.20. The summed E-state index contributed by atoms with van der Waals surface area (Å²) in [5.74, 6) is 0.565. The molecule has 0 amide bonds. The number of aromatic nitrogens is 4. The van der Waals surface area contributed by atoms with Gasteiger partial charge in [-0.25, -0.2) is 9.97 Å². The quantitative estimate of drug-likeness (QED) is 0.235. The van der Waals surface area contributed by atoms with Crippen molar-refractivity contribution in [2.75, 3.05) is 0 Å². The van der Waals surface area contributed by atoms with Gasteiger partial charge in [-0.2, -0.15) is 0 Å². The van der Waals surface area contributed by atoms with E-state index < -0.39 is 0 Å². The SMILES string of the molecule is C1=CC2C=CC(c3ccc4ccc5cccnc5c4n3)=CC2C=C1c1ccc2ccc3cccnc3c2n1. The zero-order chi connectivity index (χ0) is 25.1. The van der Waals surface area contributed by atoms with Crippen molar-refractivity contribution in [3.8, 4) is 0 Å². The van der Waals surface area contributed by atoms with Crippen LogP contribution in [0.4, 0.5) is 0 Å². The van der Waals surface area contributed by atoms with E-state index in [9.17, 15) is 0 Å². The number of benzene rings is 2. The number of pyridine rings is 4.